The number of rotatable bonds is 7. The molecule has 5 nitrogen and oxygen atoms in total. The van der Waals surface area contributed by atoms with E-state index < -0.39 is 18.1 Å². The van der Waals surface area contributed by atoms with Crippen LogP contribution in [-0.4, -0.2) is 29.0 Å². The van der Waals surface area contributed by atoms with Crippen molar-refractivity contribution in [3.05, 3.63) is 78.4 Å². The lowest BCUT2D eigenvalue weighted by Gasteiger charge is -2.14. The molecule has 6 heteroatoms. The summed E-state index contributed by atoms with van der Waals surface area (Å²) in [4.78, 5) is 24.3. The molecule has 3 aromatic rings. The molecular weight excluding hydrogens is 362 g/mol. The molecule has 1 amide bonds. The number of amides is 1. The minimum Gasteiger partial charge on any atom is -0.480 e. The van der Waals surface area contributed by atoms with E-state index in [0.29, 0.717) is 0 Å². The zero-order chi connectivity index (χ0) is 19.1. The number of alkyl carbamates (subject to hydrolysis) is 1. The zero-order valence-electron chi connectivity index (χ0n) is 14.5. The van der Waals surface area contributed by atoms with Crippen molar-refractivity contribution >= 4 is 34.6 Å². The fraction of sp³-hybridized carbons (Fsp3) is 0.143. The van der Waals surface area contributed by atoms with Gasteiger partial charge < -0.3 is 15.2 Å². The molecule has 0 aliphatic heterocycles. The second-order valence-electron chi connectivity index (χ2n) is 5.92. The van der Waals surface area contributed by atoms with Crippen molar-refractivity contribution in [2.45, 2.75) is 17.5 Å². The average molecular weight is 381 g/mol. The van der Waals surface area contributed by atoms with Crippen LogP contribution < -0.4 is 5.32 Å². The predicted octanol–water partition coefficient (Wildman–Crippen LogP) is 4.31. The maximum atomic E-state index is 11.9. The van der Waals surface area contributed by atoms with Gasteiger partial charge in [0.25, 0.3) is 0 Å². The molecule has 0 spiro atoms. The van der Waals surface area contributed by atoms with Crippen molar-refractivity contribution in [1.29, 1.82) is 0 Å². The highest BCUT2D eigenvalue weighted by atomic mass is 32.2. The van der Waals surface area contributed by atoms with E-state index in [4.69, 9.17) is 4.74 Å². The monoisotopic (exact) mass is 381 g/mol. The first-order valence-corrected chi connectivity index (χ1v) is 9.42. The minimum atomic E-state index is -1.10. The van der Waals surface area contributed by atoms with Gasteiger partial charge in [0, 0.05) is 10.6 Å². The molecule has 0 heterocycles. The lowest BCUT2D eigenvalue weighted by molar-refractivity contribution is -0.138. The molecule has 0 saturated carbocycles. The van der Waals surface area contributed by atoms with Gasteiger partial charge in [-0.05, 0) is 28.5 Å². The van der Waals surface area contributed by atoms with Crippen LogP contribution in [0.15, 0.2) is 77.7 Å². The van der Waals surface area contributed by atoms with E-state index in [-0.39, 0.29) is 12.4 Å². The van der Waals surface area contributed by atoms with Crippen molar-refractivity contribution < 1.29 is 19.4 Å². The number of carboxylic acids is 1. The Morgan fingerprint density at radius 3 is 2.41 bits per heavy atom. The molecule has 0 bridgehead atoms. The summed E-state index contributed by atoms with van der Waals surface area (Å²) in [5, 5.41) is 14.0. The summed E-state index contributed by atoms with van der Waals surface area (Å²) in [6.45, 7) is 0.0941. The van der Waals surface area contributed by atoms with E-state index >= 15 is 0 Å². The topological polar surface area (TPSA) is 75.6 Å². The van der Waals surface area contributed by atoms with Gasteiger partial charge in [-0.1, -0.05) is 60.7 Å². The number of hydrogen-bond acceptors (Lipinski definition) is 4. The van der Waals surface area contributed by atoms with Crippen molar-refractivity contribution in [3.63, 3.8) is 0 Å². The van der Waals surface area contributed by atoms with E-state index in [1.165, 1.54) is 11.8 Å². The Morgan fingerprint density at radius 2 is 1.67 bits per heavy atom. The van der Waals surface area contributed by atoms with E-state index in [0.717, 1.165) is 21.2 Å². The molecule has 2 N–H and O–H groups in total. The Kier molecular flexibility index (Phi) is 6.33. The van der Waals surface area contributed by atoms with Gasteiger partial charge in [-0.3, -0.25) is 0 Å². The number of benzene rings is 3. The first kappa shape index (κ1) is 18.8. The zero-order valence-corrected chi connectivity index (χ0v) is 15.3. The Hall–Kier alpha value is -2.99. The number of nitrogens with one attached hydrogen (secondary N) is 1. The summed E-state index contributed by atoms with van der Waals surface area (Å²) in [6, 6.07) is 22.1. The van der Waals surface area contributed by atoms with Gasteiger partial charge in [0.2, 0.25) is 0 Å². The Balaban J connectivity index is 1.55. The largest absolute Gasteiger partial charge is 0.480 e. The number of ether oxygens (including phenoxy) is 1. The summed E-state index contributed by atoms with van der Waals surface area (Å²) in [7, 11) is 0. The van der Waals surface area contributed by atoms with Crippen LogP contribution in [0.25, 0.3) is 10.8 Å². The van der Waals surface area contributed by atoms with Gasteiger partial charge in [0.05, 0.1) is 0 Å². The lowest BCUT2D eigenvalue weighted by atomic mass is 10.1. The van der Waals surface area contributed by atoms with Gasteiger partial charge >= 0.3 is 12.1 Å². The molecule has 0 radical (unpaired) electrons. The Morgan fingerprint density at radius 1 is 0.963 bits per heavy atom. The maximum Gasteiger partial charge on any atom is 0.408 e. The number of fused-ring (bicyclic) bond motifs is 1. The van der Waals surface area contributed by atoms with Crippen LogP contribution in [-0.2, 0) is 16.1 Å². The summed E-state index contributed by atoms with van der Waals surface area (Å²) in [6.07, 6.45) is -0.745. The standard InChI is InChI=1S/C21H19NO4S/c23-20(24)19(22-21(25)26-13-15-6-2-1-3-7-15)14-27-18-11-10-16-8-4-5-9-17(16)12-18/h1-12,19H,13-14H2,(H,22,25)(H,23,24)/t19-/m0/s1. The van der Waals surface area contributed by atoms with Crippen molar-refractivity contribution in [1.82, 2.24) is 5.32 Å². The fourth-order valence-electron chi connectivity index (χ4n) is 2.52. The number of aliphatic carboxylic acids is 1. The third-order valence-electron chi connectivity index (χ3n) is 3.94. The van der Waals surface area contributed by atoms with Crippen molar-refractivity contribution in [2.24, 2.45) is 0 Å². The predicted molar refractivity (Wildman–Crippen MR) is 106 cm³/mol. The summed E-state index contributed by atoms with van der Waals surface area (Å²) < 4.78 is 5.10. The van der Waals surface area contributed by atoms with Crippen LogP contribution in [0.5, 0.6) is 0 Å². The lowest BCUT2D eigenvalue weighted by Crippen LogP contribution is -2.42. The third kappa shape index (κ3) is 5.49. The number of carboxylic acid groups (broad SMARTS) is 1. The summed E-state index contributed by atoms with van der Waals surface area (Å²) >= 11 is 1.38. The molecule has 3 rings (SSSR count). The SMILES string of the molecule is O=C(N[C@@H](CSc1ccc2ccccc2c1)C(=O)O)OCc1ccccc1. The smallest absolute Gasteiger partial charge is 0.408 e. The maximum absolute atomic E-state index is 11.9. The minimum absolute atomic E-state index is 0.0941. The molecule has 0 saturated heterocycles. The molecule has 1 atom stereocenters. The molecule has 0 fully saturated rings. The fourth-order valence-corrected chi connectivity index (χ4v) is 3.48. The molecule has 27 heavy (non-hydrogen) atoms. The molecular formula is C21H19NO4S. The highest BCUT2D eigenvalue weighted by Gasteiger charge is 2.21. The second-order valence-corrected chi connectivity index (χ2v) is 7.01. The number of thioether (sulfide) groups is 1. The number of hydrogen-bond donors (Lipinski definition) is 2. The molecule has 0 unspecified atom stereocenters. The van der Waals surface area contributed by atoms with Gasteiger partial charge in [0.1, 0.15) is 12.6 Å². The molecule has 0 aliphatic carbocycles. The van der Waals surface area contributed by atoms with E-state index in [9.17, 15) is 14.7 Å². The van der Waals surface area contributed by atoms with Gasteiger partial charge in [0.15, 0.2) is 0 Å². The molecule has 138 valence electrons. The van der Waals surface area contributed by atoms with Crippen LogP contribution in [0.3, 0.4) is 0 Å². The van der Waals surface area contributed by atoms with Crippen LogP contribution in [0.2, 0.25) is 0 Å². The third-order valence-corrected chi connectivity index (χ3v) is 5.03. The van der Waals surface area contributed by atoms with Gasteiger partial charge in [-0.15, -0.1) is 11.8 Å². The normalized spacial score (nSPS) is 11.7. The molecule has 3 aromatic carbocycles. The van der Waals surface area contributed by atoms with E-state index in [1.807, 2.05) is 72.8 Å². The van der Waals surface area contributed by atoms with Gasteiger partial charge in [-0.2, -0.15) is 0 Å². The van der Waals surface area contributed by atoms with Crippen LogP contribution in [0, 0.1) is 0 Å². The average Bonchev–Trinajstić information content (AvgIpc) is 2.70. The molecule has 0 aliphatic rings. The Labute approximate surface area is 161 Å². The highest BCUT2D eigenvalue weighted by Crippen LogP contribution is 2.24. The van der Waals surface area contributed by atoms with Crippen LogP contribution >= 0.6 is 11.8 Å². The Bertz CT molecular complexity index is 930. The van der Waals surface area contributed by atoms with Crippen LogP contribution in [0.4, 0.5) is 4.79 Å². The highest BCUT2D eigenvalue weighted by molar-refractivity contribution is 7.99. The number of carbonyl (C=O) groups is 2. The van der Waals surface area contributed by atoms with Gasteiger partial charge in [-0.25, -0.2) is 9.59 Å². The van der Waals surface area contributed by atoms with E-state index in [1.54, 1.807) is 0 Å². The first-order valence-electron chi connectivity index (χ1n) is 8.43. The van der Waals surface area contributed by atoms with E-state index in [2.05, 4.69) is 5.32 Å². The van der Waals surface area contributed by atoms with Crippen molar-refractivity contribution in [2.75, 3.05) is 5.75 Å². The summed E-state index contributed by atoms with van der Waals surface area (Å²) in [5.41, 5.74) is 0.838. The van der Waals surface area contributed by atoms with Crippen molar-refractivity contribution in [3.8, 4) is 0 Å². The first-order chi connectivity index (χ1) is 13.1. The number of carbonyl (C=O) groups excluding carboxylic acids is 1. The van der Waals surface area contributed by atoms with Crippen LogP contribution in [0.1, 0.15) is 5.56 Å². The molecule has 0 aromatic heterocycles. The second kappa shape index (κ2) is 9.09. The quantitative estimate of drug-likeness (QED) is 0.597. The summed E-state index contributed by atoms with van der Waals surface area (Å²) in [5.74, 6) is -0.895.